The maximum absolute atomic E-state index is 15.9. The van der Waals surface area contributed by atoms with Crippen molar-refractivity contribution in [1.82, 2.24) is 76.6 Å². The fourth-order valence-electron chi connectivity index (χ4n) is 18.1. The number of H-pyrrole nitrogens is 1. The number of nitrogens with two attached hydrogens (primary N) is 4. The minimum absolute atomic E-state index is 0.000895. The van der Waals surface area contributed by atoms with Gasteiger partial charge in [-0.15, -0.1) is 0 Å². The van der Waals surface area contributed by atoms with Gasteiger partial charge in [0.1, 0.15) is 79.0 Å². The molecule has 4 aliphatic rings. The summed E-state index contributed by atoms with van der Waals surface area (Å²) in [7, 11) is 2.73. The molecule has 15 amide bonds. The largest absolute Gasteiger partial charge is 0.481 e. The highest BCUT2D eigenvalue weighted by Crippen LogP contribution is 2.31. The third kappa shape index (κ3) is 28.2. The van der Waals surface area contributed by atoms with Crippen molar-refractivity contribution < 1.29 is 102 Å². The normalized spacial score (nSPS) is 25.6. The van der Waals surface area contributed by atoms with Gasteiger partial charge in [0.15, 0.2) is 5.78 Å². The van der Waals surface area contributed by atoms with Crippen LogP contribution in [0.4, 0.5) is 0 Å². The molecule has 20 N–H and O–H groups in total. The Balaban J connectivity index is 1.10. The molecule has 2 aromatic heterocycles. The predicted molar refractivity (Wildman–Crippen MR) is 487 cm³/mol. The summed E-state index contributed by atoms with van der Waals surface area (Å²) in [5, 5.41) is 54.2. The van der Waals surface area contributed by atoms with E-state index < -0.39 is 249 Å². The number of rotatable bonds is 25. The smallest absolute Gasteiger partial charge is 0.323 e. The van der Waals surface area contributed by atoms with E-state index in [1.54, 1.807) is 92.8 Å². The van der Waals surface area contributed by atoms with Crippen LogP contribution in [-0.2, 0) is 112 Å². The lowest BCUT2D eigenvalue weighted by atomic mass is 9.90. The van der Waals surface area contributed by atoms with Crippen LogP contribution >= 0.6 is 0 Å². The van der Waals surface area contributed by atoms with Gasteiger partial charge >= 0.3 is 11.9 Å². The van der Waals surface area contributed by atoms with Crippen LogP contribution < -0.4 is 65.5 Å². The first-order valence-electron chi connectivity index (χ1n) is 46.0. The zero-order valence-electron chi connectivity index (χ0n) is 76.7. The summed E-state index contributed by atoms with van der Waals surface area (Å²) in [6, 6.07) is 1.26. The molecular weight excluding hydrogens is 1720 g/mol. The fourth-order valence-corrected chi connectivity index (χ4v) is 18.1. The number of aryl methyl sites for hydroxylation is 1. The number of piperidine rings is 1. The number of aliphatic hydroxyl groups is 1. The minimum atomic E-state index is -1.80. The standard InChI is InChI=1S/C93H131N19O21/c1-8-10-24-71-86(126)103-65(40-52(3)4)84(124)100-62(81(97)121)23-18-29-78(116)99-66(41-54-32-30-53(5)31-33-54)91(131)110-38-17-16-27-72(110)87(127)105-68(46-77(96)115)92(132)111-39-19-28-73(111)88(128)106-69(47-95)85(125)102-64(34-35-79(117)118)90(130)112-50-58(113)45-75(112)76(114)44-55(42-56-48-98-61-22-14-12-20-59(56)61)82(122)101-63(36-37-94)83(123)104-67(89(129)108(7)74(25-11-9-2)93(133)107(71)6)43-57-49-109(51-80(119)120)70-26-15-13-21-60(57)70/h12-15,20-22,26,30-33,48-49,52,55,58,62-69,71-75,98,113H,8-11,16-19,23-25,27-29,34-47,50-51,94-95H2,1-7H3,(H2,96,115)(H2,97,121)(H,99,116)(H,100,124)(H,101,122)(H,102,125)(H,103,126)(H,104,123)(H,105,127)(H,106,128)(H,117,118)(H,119,120)/t55-,58-,62+,63+,64+,65+,66+,67+,68+,69+,71+,72+,73+,74+,75+/m1/s1. The van der Waals surface area contributed by atoms with Crippen LogP contribution in [0, 0.1) is 18.8 Å². The number of carboxylic acids is 2. The predicted octanol–water partition coefficient (Wildman–Crippen LogP) is 0.129. The van der Waals surface area contributed by atoms with Crippen LogP contribution in [0.15, 0.2) is 85.2 Å². The van der Waals surface area contributed by atoms with Crippen LogP contribution in [0.3, 0.4) is 0 Å². The lowest BCUT2D eigenvalue weighted by Gasteiger charge is -2.38. The van der Waals surface area contributed by atoms with Gasteiger partial charge in [-0.05, 0) is 132 Å². The van der Waals surface area contributed by atoms with Crippen molar-refractivity contribution >= 4 is 128 Å². The third-order valence-electron chi connectivity index (χ3n) is 25.2. The van der Waals surface area contributed by atoms with Gasteiger partial charge in [0, 0.05) is 119 Å². The van der Waals surface area contributed by atoms with Gasteiger partial charge in [-0.25, -0.2) is 0 Å². The average molecular weight is 1850 g/mol. The molecule has 4 aliphatic heterocycles. The number of carbonyl (C=O) groups excluding carboxylic acids is 16. The molecule has 40 nitrogen and oxygen atoms in total. The number of aromatic nitrogens is 2. The second-order valence-electron chi connectivity index (χ2n) is 35.7. The molecule has 6 heterocycles. The Labute approximate surface area is 771 Å². The molecule has 0 spiro atoms. The number of likely N-dealkylation sites (N-methyl/N-ethyl adjacent to an activating group) is 2. The lowest BCUT2D eigenvalue weighted by Crippen LogP contribution is -2.62. The third-order valence-corrected chi connectivity index (χ3v) is 25.2. The molecule has 15 atom stereocenters. The number of fused-ring (bicyclic) bond motifs is 5. The average Bonchev–Trinajstić information content (AvgIpc) is 1.65. The van der Waals surface area contributed by atoms with Crippen molar-refractivity contribution in [1.29, 1.82) is 0 Å². The molecular formula is C93H131N19O21. The molecule has 5 aromatic rings. The fraction of sp³-hybridized carbons (Fsp3) is 0.570. The van der Waals surface area contributed by atoms with Gasteiger partial charge in [-0.2, -0.15) is 0 Å². The Morgan fingerprint density at radius 1 is 0.519 bits per heavy atom. The molecule has 133 heavy (non-hydrogen) atoms. The summed E-state index contributed by atoms with van der Waals surface area (Å²) in [6.45, 7) is 7.00. The van der Waals surface area contributed by atoms with Gasteiger partial charge in [-0.3, -0.25) is 86.3 Å². The van der Waals surface area contributed by atoms with E-state index in [0.717, 1.165) is 20.3 Å². The number of amides is 15. The second-order valence-corrected chi connectivity index (χ2v) is 35.7. The summed E-state index contributed by atoms with van der Waals surface area (Å²) in [5.41, 5.74) is 27.6. The van der Waals surface area contributed by atoms with Gasteiger partial charge in [0.2, 0.25) is 88.6 Å². The first kappa shape index (κ1) is 104. The van der Waals surface area contributed by atoms with E-state index in [9.17, 15) is 63.3 Å². The van der Waals surface area contributed by atoms with Crippen LogP contribution in [0.1, 0.15) is 185 Å². The Morgan fingerprint density at radius 2 is 1.09 bits per heavy atom. The summed E-state index contributed by atoms with van der Waals surface area (Å²) in [4.78, 5) is 271. The quantitative estimate of drug-likeness (QED) is 0.0369. The summed E-state index contributed by atoms with van der Waals surface area (Å²) >= 11 is 0. The number of primary amides is 2. The van der Waals surface area contributed by atoms with E-state index in [4.69, 9.17) is 22.9 Å². The number of benzene rings is 3. The summed E-state index contributed by atoms with van der Waals surface area (Å²) < 4.78 is 1.44. The van der Waals surface area contributed by atoms with E-state index in [2.05, 4.69) is 47.5 Å². The molecule has 0 unspecified atom stereocenters. The number of hydrogen-bond donors (Lipinski definition) is 16. The number of nitrogens with one attached hydrogen (secondary N) is 9. The molecule has 40 heteroatoms. The first-order valence-corrected chi connectivity index (χ1v) is 46.0. The van der Waals surface area contributed by atoms with Crippen molar-refractivity contribution in [3.05, 3.63) is 107 Å². The number of para-hydroxylation sites is 2. The second kappa shape index (κ2) is 49.1. The molecule has 0 radical (unpaired) electrons. The van der Waals surface area contributed by atoms with E-state index in [-0.39, 0.29) is 109 Å². The van der Waals surface area contributed by atoms with Crippen molar-refractivity contribution in [2.24, 2.45) is 34.8 Å². The van der Waals surface area contributed by atoms with E-state index in [0.29, 0.717) is 77.0 Å². The summed E-state index contributed by atoms with van der Waals surface area (Å²) in [5.74, 6) is -18.7. The number of ketones is 1. The molecule has 9 rings (SSSR count). The Bertz CT molecular complexity index is 5040. The monoisotopic (exact) mass is 1850 g/mol. The van der Waals surface area contributed by atoms with Gasteiger partial charge in [-0.1, -0.05) is 120 Å². The Kier molecular flexibility index (Phi) is 38.4. The highest BCUT2D eigenvalue weighted by atomic mass is 16.4. The van der Waals surface area contributed by atoms with Crippen molar-refractivity contribution in [3.63, 3.8) is 0 Å². The van der Waals surface area contributed by atoms with E-state index >= 15 is 38.4 Å². The molecule has 4 fully saturated rings. The van der Waals surface area contributed by atoms with Crippen LogP contribution in [0.2, 0.25) is 0 Å². The SMILES string of the molecule is CCCC[C@H]1C(=O)N(C)[C@@H](CCCC)C(=O)N[C@@H](CC(C)C)C(=O)N[C@H](C(N)=O)CCCC(=O)N[C@@H](Cc2ccc(C)cc2)C(=O)N2CCCC[C@H]2C(=O)N[C@@H](CC(N)=O)C(=O)N2CCC[C@H]2C(=O)N[C@@H](CN)C(=O)N[C@@H](CCC(=O)O)C(=O)N2C[C@H](O)C[C@H]2C(=O)C[C@@H](Cc2c[nH]c3ccccc23)C(=O)N[C@@H](CCN)C(=O)N[C@@H](Cc2cn(CC(=O)O)c3ccccc23)C(=O)N1C. The van der Waals surface area contributed by atoms with E-state index in [1.165, 1.54) is 34.7 Å². The first-order chi connectivity index (χ1) is 63.3. The number of aromatic amines is 1. The Hall–Kier alpha value is -12.7. The number of carbonyl (C=O) groups is 18. The molecule has 0 bridgehead atoms. The number of unbranched alkanes of at least 4 members (excludes halogenated alkanes) is 2. The van der Waals surface area contributed by atoms with Crippen LogP contribution in [-0.4, -0.2) is 287 Å². The summed E-state index contributed by atoms with van der Waals surface area (Å²) in [6.07, 6.45) is -0.475. The highest BCUT2D eigenvalue weighted by molar-refractivity contribution is 6.02. The van der Waals surface area contributed by atoms with Crippen molar-refractivity contribution in [2.75, 3.05) is 46.8 Å². The van der Waals surface area contributed by atoms with Crippen LogP contribution in [0.5, 0.6) is 0 Å². The minimum Gasteiger partial charge on any atom is -0.481 e. The van der Waals surface area contributed by atoms with Gasteiger partial charge in [0.25, 0.3) is 0 Å². The number of Topliss-reactive ketones (excluding diaryl/α,β-unsaturated/α-hetero) is 1. The van der Waals surface area contributed by atoms with Crippen molar-refractivity contribution in [2.45, 2.75) is 280 Å². The van der Waals surface area contributed by atoms with Crippen molar-refractivity contribution in [3.8, 4) is 0 Å². The van der Waals surface area contributed by atoms with E-state index in [1.807, 2.05) is 20.8 Å². The molecule has 0 aliphatic carbocycles. The molecule has 724 valence electrons. The zero-order chi connectivity index (χ0) is 97.2. The highest BCUT2D eigenvalue weighted by Gasteiger charge is 2.47. The Morgan fingerprint density at radius 3 is 1.73 bits per heavy atom. The number of nitrogens with zero attached hydrogens (tertiary/aromatic N) is 6. The lowest BCUT2D eigenvalue weighted by molar-refractivity contribution is -0.149. The molecule has 3 aromatic carbocycles. The van der Waals surface area contributed by atoms with Gasteiger partial charge in [0.05, 0.1) is 18.6 Å². The number of carboxylic acid groups (broad SMARTS) is 2. The van der Waals surface area contributed by atoms with Crippen LogP contribution in [0.25, 0.3) is 21.8 Å². The maximum atomic E-state index is 15.9. The maximum Gasteiger partial charge on any atom is 0.323 e. The number of aliphatic carboxylic acids is 2. The topological polar surface area (TPSA) is 605 Å². The number of hydrogen-bond acceptors (Lipinski definition) is 21. The zero-order valence-corrected chi connectivity index (χ0v) is 76.7. The number of aliphatic hydroxyl groups excluding tert-OH is 1. The molecule has 0 saturated carbocycles. The van der Waals surface area contributed by atoms with Gasteiger partial charge < -0.3 is 115 Å². The molecule has 4 saturated heterocycles.